The molecule has 0 saturated carbocycles. The second-order valence-corrected chi connectivity index (χ2v) is 6.09. The summed E-state index contributed by atoms with van der Waals surface area (Å²) < 4.78 is 6.00. The van der Waals surface area contributed by atoms with Gasteiger partial charge in [-0.05, 0) is 33.6 Å². The van der Waals surface area contributed by atoms with E-state index in [0.717, 1.165) is 0 Å². The first-order chi connectivity index (χ1) is 7.26. The number of hydrogen-bond donors (Lipinski definition) is 1. The fraction of sp³-hybridized carbons (Fsp3) is 0.909. The Hall–Kier alpha value is -0.0400. The minimum Gasteiger partial charge on any atom is -0.444 e. The topological polar surface area (TPSA) is 49.8 Å². The fourth-order valence-corrected chi connectivity index (χ4v) is 2.33. The SMILES string of the molecule is CC(C)(C)OC(=O)N1CCC(O)(CI)CC1. The number of hydrogen-bond acceptors (Lipinski definition) is 3. The molecule has 0 aromatic heterocycles. The number of nitrogens with zero attached hydrogens (tertiary/aromatic N) is 1. The van der Waals surface area contributed by atoms with Gasteiger partial charge in [0.05, 0.1) is 5.60 Å². The van der Waals surface area contributed by atoms with E-state index in [9.17, 15) is 9.90 Å². The Labute approximate surface area is 110 Å². The van der Waals surface area contributed by atoms with Crippen LogP contribution in [0.15, 0.2) is 0 Å². The maximum Gasteiger partial charge on any atom is 0.410 e. The second-order valence-electron chi connectivity index (χ2n) is 5.33. The van der Waals surface area contributed by atoms with Crippen molar-refractivity contribution in [1.82, 2.24) is 4.90 Å². The van der Waals surface area contributed by atoms with Gasteiger partial charge in [-0.25, -0.2) is 4.79 Å². The number of rotatable bonds is 1. The Morgan fingerprint density at radius 3 is 2.31 bits per heavy atom. The Morgan fingerprint density at radius 2 is 1.94 bits per heavy atom. The van der Waals surface area contributed by atoms with E-state index in [0.29, 0.717) is 30.4 Å². The van der Waals surface area contributed by atoms with Crippen LogP contribution in [-0.2, 0) is 4.74 Å². The molecule has 94 valence electrons. The minimum absolute atomic E-state index is 0.275. The van der Waals surface area contributed by atoms with Crippen molar-refractivity contribution < 1.29 is 14.6 Å². The van der Waals surface area contributed by atoms with E-state index in [2.05, 4.69) is 22.6 Å². The molecular formula is C11H20INO3. The molecule has 1 N–H and O–H groups in total. The summed E-state index contributed by atoms with van der Waals surface area (Å²) in [7, 11) is 0. The average Bonchev–Trinajstić information content (AvgIpc) is 2.16. The van der Waals surface area contributed by atoms with E-state index in [4.69, 9.17) is 4.74 Å². The summed E-state index contributed by atoms with van der Waals surface area (Å²) >= 11 is 2.19. The number of aliphatic hydroxyl groups is 1. The molecule has 0 aromatic rings. The molecular weight excluding hydrogens is 321 g/mol. The first kappa shape index (κ1) is 14.0. The highest BCUT2D eigenvalue weighted by atomic mass is 127. The average molecular weight is 341 g/mol. The smallest absolute Gasteiger partial charge is 0.410 e. The van der Waals surface area contributed by atoms with Crippen molar-refractivity contribution in [2.24, 2.45) is 0 Å². The maximum atomic E-state index is 11.7. The summed E-state index contributed by atoms with van der Waals surface area (Å²) in [5.74, 6) is 0. The molecule has 1 aliphatic heterocycles. The molecule has 0 aliphatic carbocycles. The molecule has 0 aromatic carbocycles. The van der Waals surface area contributed by atoms with Gasteiger partial charge in [0.25, 0.3) is 0 Å². The summed E-state index contributed by atoms with van der Waals surface area (Å²) in [6.45, 7) is 6.73. The van der Waals surface area contributed by atoms with Crippen molar-refractivity contribution in [2.45, 2.75) is 44.8 Å². The Morgan fingerprint density at radius 1 is 1.44 bits per heavy atom. The Bertz CT molecular complexity index is 254. The summed E-state index contributed by atoms with van der Waals surface area (Å²) in [5, 5.41) is 10.0. The zero-order valence-electron chi connectivity index (χ0n) is 10.1. The number of carbonyl (C=O) groups excluding carboxylic acids is 1. The van der Waals surface area contributed by atoms with E-state index in [1.165, 1.54) is 0 Å². The number of likely N-dealkylation sites (tertiary alicyclic amines) is 1. The number of halogens is 1. The summed E-state index contributed by atoms with van der Waals surface area (Å²) in [6, 6.07) is 0. The highest BCUT2D eigenvalue weighted by Gasteiger charge is 2.34. The number of amides is 1. The van der Waals surface area contributed by atoms with Crippen molar-refractivity contribution in [3.8, 4) is 0 Å². The van der Waals surface area contributed by atoms with Crippen LogP contribution in [0.3, 0.4) is 0 Å². The monoisotopic (exact) mass is 341 g/mol. The third kappa shape index (κ3) is 4.08. The molecule has 1 amide bonds. The van der Waals surface area contributed by atoms with Crippen LogP contribution in [0.25, 0.3) is 0 Å². The van der Waals surface area contributed by atoms with Crippen LogP contribution in [0.4, 0.5) is 4.79 Å². The van der Waals surface area contributed by atoms with Gasteiger partial charge in [-0.15, -0.1) is 0 Å². The fourth-order valence-electron chi connectivity index (χ4n) is 1.57. The van der Waals surface area contributed by atoms with Crippen molar-refractivity contribution >= 4 is 28.7 Å². The van der Waals surface area contributed by atoms with Gasteiger partial charge in [0.2, 0.25) is 0 Å². The summed E-state index contributed by atoms with van der Waals surface area (Å²) in [5.41, 5.74) is -1.05. The molecule has 5 heteroatoms. The van der Waals surface area contributed by atoms with Crippen LogP contribution >= 0.6 is 22.6 Å². The van der Waals surface area contributed by atoms with Crippen LogP contribution < -0.4 is 0 Å². The molecule has 1 heterocycles. The lowest BCUT2D eigenvalue weighted by atomic mass is 9.94. The Balaban J connectivity index is 2.45. The van der Waals surface area contributed by atoms with Crippen LogP contribution in [0, 0.1) is 0 Å². The van der Waals surface area contributed by atoms with Gasteiger partial charge in [0.1, 0.15) is 5.60 Å². The van der Waals surface area contributed by atoms with Gasteiger partial charge in [-0.1, -0.05) is 22.6 Å². The molecule has 1 fully saturated rings. The van der Waals surface area contributed by atoms with E-state index in [1.807, 2.05) is 20.8 Å². The normalized spacial score (nSPS) is 20.7. The van der Waals surface area contributed by atoms with Gasteiger partial charge in [-0.3, -0.25) is 0 Å². The molecule has 1 saturated heterocycles. The zero-order valence-corrected chi connectivity index (χ0v) is 12.3. The van der Waals surface area contributed by atoms with Crippen molar-refractivity contribution in [3.63, 3.8) is 0 Å². The van der Waals surface area contributed by atoms with Crippen LogP contribution in [-0.4, -0.2) is 44.8 Å². The third-order valence-corrected chi connectivity index (χ3v) is 4.01. The highest BCUT2D eigenvalue weighted by Crippen LogP contribution is 2.25. The first-order valence-corrected chi connectivity index (χ1v) is 7.05. The predicted molar refractivity (Wildman–Crippen MR) is 70.9 cm³/mol. The molecule has 16 heavy (non-hydrogen) atoms. The van der Waals surface area contributed by atoms with Gasteiger partial charge in [0.15, 0.2) is 0 Å². The third-order valence-electron chi connectivity index (χ3n) is 2.59. The van der Waals surface area contributed by atoms with Gasteiger partial charge >= 0.3 is 6.09 Å². The van der Waals surface area contributed by atoms with Gasteiger partial charge in [0, 0.05) is 17.5 Å². The van der Waals surface area contributed by atoms with E-state index >= 15 is 0 Å². The largest absolute Gasteiger partial charge is 0.444 e. The highest BCUT2D eigenvalue weighted by molar-refractivity contribution is 14.1. The summed E-state index contributed by atoms with van der Waals surface area (Å²) in [4.78, 5) is 13.4. The number of ether oxygens (including phenoxy) is 1. The standard InChI is InChI=1S/C11H20INO3/c1-10(2,3)16-9(14)13-6-4-11(15,8-12)5-7-13/h15H,4-8H2,1-3H3. The maximum absolute atomic E-state index is 11.7. The van der Waals surface area contributed by atoms with E-state index in [-0.39, 0.29) is 6.09 Å². The number of carbonyl (C=O) groups is 1. The molecule has 1 aliphatic rings. The summed E-state index contributed by atoms with van der Waals surface area (Å²) in [6.07, 6.45) is 0.993. The first-order valence-electron chi connectivity index (χ1n) is 5.52. The molecule has 4 nitrogen and oxygen atoms in total. The second kappa shape index (κ2) is 5.08. The quantitative estimate of drug-likeness (QED) is 0.588. The lowest BCUT2D eigenvalue weighted by Crippen LogP contribution is -2.48. The number of alkyl halides is 1. The molecule has 0 unspecified atom stereocenters. The van der Waals surface area contributed by atoms with Crippen molar-refractivity contribution in [1.29, 1.82) is 0 Å². The van der Waals surface area contributed by atoms with E-state index in [1.54, 1.807) is 4.90 Å². The molecule has 0 bridgehead atoms. The molecule has 0 spiro atoms. The minimum atomic E-state index is -0.598. The lowest BCUT2D eigenvalue weighted by molar-refractivity contribution is -0.0176. The number of piperidine rings is 1. The van der Waals surface area contributed by atoms with Gasteiger partial charge < -0.3 is 14.7 Å². The van der Waals surface area contributed by atoms with Crippen LogP contribution in [0.2, 0.25) is 0 Å². The van der Waals surface area contributed by atoms with Crippen LogP contribution in [0.5, 0.6) is 0 Å². The zero-order chi connectivity index (χ0) is 12.4. The van der Waals surface area contributed by atoms with Crippen LogP contribution in [0.1, 0.15) is 33.6 Å². The van der Waals surface area contributed by atoms with Crippen molar-refractivity contribution in [3.05, 3.63) is 0 Å². The molecule has 0 radical (unpaired) electrons. The Kier molecular flexibility index (Phi) is 4.45. The molecule has 0 atom stereocenters. The van der Waals surface area contributed by atoms with Gasteiger partial charge in [-0.2, -0.15) is 0 Å². The van der Waals surface area contributed by atoms with E-state index < -0.39 is 11.2 Å². The molecule has 1 rings (SSSR count). The lowest BCUT2D eigenvalue weighted by Gasteiger charge is -2.37. The predicted octanol–water partition coefficient (Wildman–Crippen LogP) is 2.18. The van der Waals surface area contributed by atoms with Crippen molar-refractivity contribution in [2.75, 3.05) is 17.5 Å².